The molecule has 6 rings (SSSR count). The summed E-state index contributed by atoms with van der Waals surface area (Å²) < 4.78 is 58.1. The minimum Gasteiger partial charge on any atom is -0.309 e. The third-order valence-electron chi connectivity index (χ3n) is 7.46. The number of benzene rings is 6. The topological polar surface area (TPSA) is 68.3 Å². The van der Waals surface area contributed by atoms with Crippen LogP contribution in [0.4, 0.5) is 0 Å². The van der Waals surface area contributed by atoms with Gasteiger partial charge in [-0.2, -0.15) is 0 Å². The Labute approximate surface area is 252 Å². The summed E-state index contributed by atoms with van der Waals surface area (Å²) >= 11 is 0. The van der Waals surface area contributed by atoms with Crippen LogP contribution in [0.25, 0.3) is 0 Å². The number of rotatable bonds is 8. The normalized spacial score (nSPS) is 12.1. The van der Waals surface area contributed by atoms with E-state index in [1.807, 2.05) is 121 Å². The smallest absolute Gasteiger partial charge is 0.206 e. The van der Waals surface area contributed by atoms with Crippen LogP contribution in [0.1, 0.15) is 0 Å². The molecule has 0 atom stereocenters. The molecular formula is C36H28O4P2S. The predicted molar refractivity (Wildman–Crippen MR) is 177 cm³/mol. The molecule has 0 heterocycles. The van der Waals surface area contributed by atoms with E-state index in [9.17, 15) is 17.5 Å². The molecule has 212 valence electrons. The van der Waals surface area contributed by atoms with Crippen molar-refractivity contribution in [2.24, 2.45) is 0 Å². The summed E-state index contributed by atoms with van der Waals surface area (Å²) in [6.07, 6.45) is 0. The van der Waals surface area contributed by atoms with Gasteiger partial charge >= 0.3 is 0 Å². The molecule has 0 aliphatic heterocycles. The third kappa shape index (κ3) is 5.26. The van der Waals surface area contributed by atoms with Crippen LogP contribution in [0, 0.1) is 0 Å². The molecule has 4 nitrogen and oxygen atoms in total. The van der Waals surface area contributed by atoms with Crippen molar-refractivity contribution in [2.45, 2.75) is 9.79 Å². The second-order valence-electron chi connectivity index (χ2n) is 10.1. The molecule has 0 unspecified atom stereocenters. The number of hydrogen-bond acceptors (Lipinski definition) is 4. The van der Waals surface area contributed by atoms with E-state index in [2.05, 4.69) is 0 Å². The Morgan fingerprint density at radius 2 is 0.581 bits per heavy atom. The summed E-state index contributed by atoms with van der Waals surface area (Å²) in [7, 11) is -10.9. The molecule has 0 aliphatic rings. The Balaban J connectivity index is 1.49. The first-order chi connectivity index (χ1) is 20.8. The van der Waals surface area contributed by atoms with Crippen LogP contribution in [0.2, 0.25) is 0 Å². The molecule has 0 fully saturated rings. The molecule has 0 radical (unpaired) electrons. The molecule has 0 saturated heterocycles. The second kappa shape index (κ2) is 11.8. The van der Waals surface area contributed by atoms with Crippen molar-refractivity contribution in [1.29, 1.82) is 0 Å². The highest BCUT2D eigenvalue weighted by atomic mass is 32.2. The molecule has 0 aromatic heterocycles. The lowest BCUT2D eigenvalue weighted by Crippen LogP contribution is -2.26. The molecule has 0 saturated carbocycles. The molecule has 0 bridgehead atoms. The van der Waals surface area contributed by atoms with Gasteiger partial charge in [-0.3, -0.25) is 0 Å². The van der Waals surface area contributed by atoms with Gasteiger partial charge in [0.2, 0.25) is 9.84 Å². The first-order valence-corrected chi connectivity index (χ1v) is 18.6. The lowest BCUT2D eigenvalue weighted by atomic mass is 10.3. The van der Waals surface area contributed by atoms with Crippen LogP contribution in [-0.4, -0.2) is 8.42 Å². The quantitative estimate of drug-likeness (QED) is 0.202. The van der Waals surface area contributed by atoms with Crippen LogP contribution >= 0.6 is 14.3 Å². The van der Waals surface area contributed by atoms with Gasteiger partial charge in [0.05, 0.1) is 9.79 Å². The molecule has 0 amide bonds. The zero-order valence-electron chi connectivity index (χ0n) is 23.1. The minimum absolute atomic E-state index is 0.0171. The fourth-order valence-electron chi connectivity index (χ4n) is 5.28. The van der Waals surface area contributed by atoms with Crippen molar-refractivity contribution >= 4 is 55.9 Å². The van der Waals surface area contributed by atoms with Crippen LogP contribution in [0.15, 0.2) is 180 Å². The molecule has 0 spiro atoms. The SMILES string of the molecule is O=P(c1ccccc1)(c1ccccc1)c1cccc(S(=O)(=O)c2cccc(P(=O)(c3ccccc3)c3ccccc3)c2)c1. The van der Waals surface area contributed by atoms with Crippen molar-refractivity contribution in [3.63, 3.8) is 0 Å². The Morgan fingerprint density at radius 1 is 0.326 bits per heavy atom. The first-order valence-electron chi connectivity index (χ1n) is 13.7. The highest BCUT2D eigenvalue weighted by Crippen LogP contribution is 2.44. The van der Waals surface area contributed by atoms with Gasteiger partial charge in [0, 0.05) is 31.8 Å². The average molecular weight is 619 g/mol. The zero-order chi connectivity index (χ0) is 29.9. The Kier molecular flexibility index (Phi) is 7.90. The van der Waals surface area contributed by atoms with E-state index in [0.717, 1.165) is 0 Å². The van der Waals surface area contributed by atoms with Crippen LogP contribution in [0.5, 0.6) is 0 Å². The summed E-state index contributed by atoms with van der Waals surface area (Å²) in [5.74, 6) is 0. The van der Waals surface area contributed by atoms with Gasteiger partial charge in [0.15, 0.2) is 14.3 Å². The second-order valence-corrected chi connectivity index (χ2v) is 17.5. The molecular weight excluding hydrogens is 590 g/mol. The van der Waals surface area contributed by atoms with Gasteiger partial charge in [0.25, 0.3) is 0 Å². The van der Waals surface area contributed by atoms with Crippen molar-refractivity contribution in [3.8, 4) is 0 Å². The molecule has 6 aromatic rings. The first kappa shape index (κ1) is 28.8. The molecule has 0 aliphatic carbocycles. The van der Waals surface area contributed by atoms with Gasteiger partial charge in [-0.1, -0.05) is 146 Å². The van der Waals surface area contributed by atoms with Crippen molar-refractivity contribution < 1.29 is 17.5 Å². The standard InChI is InChI=1S/C36H28O4P2S/c37-41(29-15-5-1-6-16-29,30-17-7-2-8-18-30)33-23-13-25-35(27-33)43(39,40)36-26-14-24-34(28-36)42(38,31-19-9-3-10-20-31)32-21-11-4-12-22-32/h1-28H. The van der Waals surface area contributed by atoms with Gasteiger partial charge in [-0.15, -0.1) is 0 Å². The van der Waals surface area contributed by atoms with Crippen LogP contribution < -0.4 is 31.8 Å². The fourth-order valence-corrected chi connectivity index (χ4v) is 12.2. The van der Waals surface area contributed by atoms with E-state index in [0.29, 0.717) is 31.8 Å². The molecule has 0 N–H and O–H groups in total. The largest absolute Gasteiger partial charge is 0.309 e. The maximum absolute atomic E-state index is 14.9. The highest BCUT2D eigenvalue weighted by molar-refractivity contribution is 7.92. The number of sulfone groups is 1. The summed E-state index contributed by atoms with van der Waals surface area (Å²) in [5, 5.41) is 3.30. The van der Waals surface area contributed by atoms with E-state index in [1.165, 1.54) is 24.3 Å². The lowest BCUT2D eigenvalue weighted by Gasteiger charge is -2.21. The summed E-state index contributed by atoms with van der Waals surface area (Å²) in [6.45, 7) is 0. The molecule has 6 aromatic carbocycles. The molecule has 43 heavy (non-hydrogen) atoms. The molecule has 7 heteroatoms. The van der Waals surface area contributed by atoms with Crippen LogP contribution in [0.3, 0.4) is 0 Å². The van der Waals surface area contributed by atoms with E-state index in [4.69, 9.17) is 0 Å². The van der Waals surface area contributed by atoms with Crippen molar-refractivity contribution in [2.75, 3.05) is 0 Å². The lowest BCUT2D eigenvalue weighted by molar-refractivity contribution is 0.591. The summed E-state index contributed by atoms with van der Waals surface area (Å²) in [6, 6.07) is 49.3. The number of hydrogen-bond donors (Lipinski definition) is 0. The summed E-state index contributed by atoms with van der Waals surface area (Å²) in [4.78, 5) is 0.0342. The minimum atomic E-state index is -4.08. The van der Waals surface area contributed by atoms with Gasteiger partial charge in [-0.05, 0) is 24.3 Å². The monoisotopic (exact) mass is 618 g/mol. The van der Waals surface area contributed by atoms with Gasteiger partial charge in [0.1, 0.15) is 0 Å². The Morgan fingerprint density at radius 3 is 0.860 bits per heavy atom. The van der Waals surface area contributed by atoms with E-state index in [1.54, 1.807) is 24.3 Å². The maximum Gasteiger partial charge on any atom is 0.206 e. The Bertz CT molecular complexity index is 1850. The van der Waals surface area contributed by atoms with Gasteiger partial charge in [-0.25, -0.2) is 8.42 Å². The van der Waals surface area contributed by atoms with Crippen molar-refractivity contribution in [3.05, 3.63) is 170 Å². The van der Waals surface area contributed by atoms with E-state index >= 15 is 0 Å². The summed E-state index contributed by atoms with van der Waals surface area (Å²) in [5.41, 5.74) is 0. The highest BCUT2D eigenvalue weighted by Gasteiger charge is 2.33. The van der Waals surface area contributed by atoms with E-state index in [-0.39, 0.29) is 9.79 Å². The van der Waals surface area contributed by atoms with Crippen molar-refractivity contribution in [1.82, 2.24) is 0 Å². The third-order valence-corrected chi connectivity index (χ3v) is 15.3. The van der Waals surface area contributed by atoms with Gasteiger partial charge < -0.3 is 9.13 Å². The van der Waals surface area contributed by atoms with Crippen LogP contribution in [-0.2, 0) is 19.0 Å². The fraction of sp³-hybridized carbons (Fsp3) is 0. The average Bonchev–Trinajstić information content (AvgIpc) is 3.09. The Hall–Kier alpha value is -4.27. The van der Waals surface area contributed by atoms with E-state index < -0.39 is 24.1 Å². The zero-order valence-corrected chi connectivity index (χ0v) is 25.7. The predicted octanol–water partition coefficient (Wildman–Crippen LogP) is 5.80. The maximum atomic E-state index is 14.9.